The predicted octanol–water partition coefficient (Wildman–Crippen LogP) is 2.26. The van der Waals surface area contributed by atoms with Crippen molar-refractivity contribution in [3.63, 3.8) is 0 Å². The minimum absolute atomic E-state index is 0.0744. The number of hydrogen-bond donors (Lipinski definition) is 1. The third-order valence-corrected chi connectivity index (χ3v) is 3.07. The van der Waals surface area contributed by atoms with Crippen LogP contribution in [0.3, 0.4) is 0 Å². The van der Waals surface area contributed by atoms with Gasteiger partial charge in [-0.25, -0.2) is 4.79 Å². The molecule has 0 saturated carbocycles. The van der Waals surface area contributed by atoms with Gasteiger partial charge in [-0.05, 0) is 24.3 Å². The number of aromatic nitrogens is 1. The Kier molecular flexibility index (Phi) is 4.10. The lowest BCUT2D eigenvalue weighted by Gasteiger charge is -2.13. The first-order valence-electron chi connectivity index (χ1n) is 5.78. The van der Waals surface area contributed by atoms with Crippen molar-refractivity contribution in [1.29, 1.82) is 0 Å². The van der Waals surface area contributed by atoms with Gasteiger partial charge in [-0.3, -0.25) is 9.36 Å². The van der Waals surface area contributed by atoms with Gasteiger partial charge in [-0.2, -0.15) is 0 Å². The molecule has 0 radical (unpaired) electrons. The molecule has 0 atom stereocenters. The number of aromatic carboxylic acids is 1. The predicted molar refractivity (Wildman–Crippen MR) is 74.8 cm³/mol. The molecule has 20 heavy (non-hydrogen) atoms. The van der Waals surface area contributed by atoms with E-state index in [1.807, 2.05) is 0 Å². The van der Waals surface area contributed by atoms with Crippen molar-refractivity contribution in [2.24, 2.45) is 0 Å². The van der Waals surface area contributed by atoms with Crippen LogP contribution in [0, 0.1) is 0 Å². The zero-order valence-corrected chi connectivity index (χ0v) is 11.4. The number of carboxylic acids is 1. The third-order valence-electron chi connectivity index (χ3n) is 2.84. The fourth-order valence-corrected chi connectivity index (χ4v) is 2.11. The van der Waals surface area contributed by atoms with E-state index in [0.717, 1.165) is 4.57 Å². The Labute approximate surface area is 120 Å². The highest BCUT2D eigenvalue weighted by atomic mass is 35.5. The molecule has 0 amide bonds. The molecular weight excluding hydrogens is 282 g/mol. The van der Waals surface area contributed by atoms with Crippen molar-refractivity contribution in [3.8, 4) is 5.75 Å². The van der Waals surface area contributed by atoms with E-state index >= 15 is 0 Å². The average molecular weight is 294 g/mol. The van der Waals surface area contributed by atoms with E-state index in [0.29, 0.717) is 16.3 Å². The normalized spacial score (nSPS) is 10.3. The summed E-state index contributed by atoms with van der Waals surface area (Å²) in [5, 5.41) is 9.62. The maximum Gasteiger partial charge on any atom is 0.352 e. The highest BCUT2D eigenvalue weighted by Gasteiger charge is 2.13. The summed E-state index contributed by atoms with van der Waals surface area (Å²) in [7, 11) is 1.50. The molecule has 0 bridgehead atoms. The van der Waals surface area contributed by atoms with Crippen LogP contribution in [-0.2, 0) is 6.54 Å². The minimum Gasteiger partial charge on any atom is -0.496 e. The number of methoxy groups -OCH3 is 1. The zero-order chi connectivity index (χ0) is 14.7. The van der Waals surface area contributed by atoms with Crippen LogP contribution in [0.4, 0.5) is 0 Å². The number of hydrogen-bond acceptors (Lipinski definition) is 3. The number of carboxylic acid groups (broad SMARTS) is 1. The minimum atomic E-state index is -1.16. The monoisotopic (exact) mass is 293 g/mol. The summed E-state index contributed by atoms with van der Waals surface area (Å²) in [5.74, 6) is -0.620. The second-order valence-corrected chi connectivity index (χ2v) is 4.53. The Bertz CT molecular complexity index is 709. The second-order valence-electron chi connectivity index (χ2n) is 4.10. The van der Waals surface area contributed by atoms with Gasteiger partial charge < -0.3 is 9.84 Å². The number of pyridine rings is 1. The summed E-state index contributed by atoms with van der Waals surface area (Å²) in [4.78, 5) is 23.0. The van der Waals surface area contributed by atoms with Crippen molar-refractivity contribution < 1.29 is 14.6 Å². The van der Waals surface area contributed by atoms with Crippen molar-refractivity contribution >= 4 is 17.6 Å². The summed E-state index contributed by atoms with van der Waals surface area (Å²) >= 11 is 5.92. The number of nitrogens with zero attached hydrogens (tertiary/aromatic N) is 1. The lowest BCUT2D eigenvalue weighted by molar-refractivity contribution is 0.0684. The smallest absolute Gasteiger partial charge is 0.352 e. The number of halogens is 1. The quantitative estimate of drug-likeness (QED) is 0.939. The van der Waals surface area contributed by atoms with Gasteiger partial charge in [0.2, 0.25) is 0 Å². The molecule has 0 aliphatic carbocycles. The first kappa shape index (κ1) is 14.1. The fourth-order valence-electron chi connectivity index (χ4n) is 1.91. The summed E-state index contributed by atoms with van der Waals surface area (Å²) < 4.78 is 6.35. The van der Waals surface area contributed by atoms with Crippen molar-refractivity contribution in [2.75, 3.05) is 7.11 Å². The standard InChI is InChI=1S/C14H12ClNO4/c1-20-12-6-5-10(15)7-9(12)8-16-11(14(18)19)3-2-4-13(16)17/h2-7H,8H2,1H3,(H,18,19). The molecule has 1 heterocycles. The van der Waals surface area contributed by atoms with Gasteiger partial charge in [0.05, 0.1) is 13.7 Å². The Morgan fingerprint density at radius 2 is 2.10 bits per heavy atom. The first-order chi connectivity index (χ1) is 9.52. The Hall–Kier alpha value is -2.27. The summed E-state index contributed by atoms with van der Waals surface area (Å²) in [6.07, 6.45) is 0. The molecule has 0 aliphatic rings. The van der Waals surface area contributed by atoms with E-state index in [1.165, 1.54) is 25.3 Å². The molecule has 0 aliphatic heterocycles. The molecule has 0 unspecified atom stereocenters. The van der Waals surface area contributed by atoms with Crippen molar-refractivity contribution in [1.82, 2.24) is 4.57 Å². The van der Waals surface area contributed by atoms with Gasteiger partial charge >= 0.3 is 5.97 Å². The van der Waals surface area contributed by atoms with Gasteiger partial charge in [0.15, 0.2) is 0 Å². The first-order valence-corrected chi connectivity index (χ1v) is 6.16. The van der Waals surface area contributed by atoms with Crippen LogP contribution >= 0.6 is 11.6 Å². The van der Waals surface area contributed by atoms with Gasteiger partial charge in [-0.1, -0.05) is 17.7 Å². The van der Waals surface area contributed by atoms with Crippen LogP contribution < -0.4 is 10.3 Å². The highest BCUT2D eigenvalue weighted by molar-refractivity contribution is 6.30. The average Bonchev–Trinajstić information content (AvgIpc) is 2.41. The molecule has 2 rings (SSSR count). The van der Waals surface area contributed by atoms with E-state index in [-0.39, 0.29) is 12.2 Å². The Morgan fingerprint density at radius 1 is 1.35 bits per heavy atom. The lowest BCUT2D eigenvalue weighted by Crippen LogP contribution is -2.25. The third kappa shape index (κ3) is 2.83. The van der Waals surface area contributed by atoms with Gasteiger partial charge in [-0.15, -0.1) is 0 Å². The van der Waals surface area contributed by atoms with E-state index in [9.17, 15) is 9.59 Å². The van der Waals surface area contributed by atoms with Crippen LogP contribution in [0.1, 0.15) is 16.1 Å². The number of rotatable bonds is 4. The van der Waals surface area contributed by atoms with Crippen LogP contribution in [0.15, 0.2) is 41.2 Å². The fraction of sp³-hybridized carbons (Fsp3) is 0.143. The van der Waals surface area contributed by atoms with Gasteiger partial charge in [0.25, 0.3) is 5.56 Å². The number of benzene rings is 1. The summed E-state index contributed by atoms with van der Waals surface area (Å²) in [6, 6.07) is 9.08. The molecule has 0 spiro atoms. The highest BCUT2D eigenvalue weighted by Crippen LogP contribution is 2.23. The number of carbonyl (C=O) groups is 1. The molecule has 0 fully saturated rings. The maximum atomic E-state index is 11.9. The second kappa shape index (κ2) is 5.79. The summed E-state index contributed by atoms with van der Waals surface area (Å²) in [5.41, 5.74) is 0.155. The summed E-state index contributed by atoms with van der Waals surface area (Å²) in [6.45, 7) is 0.0744. The molecule has 5 nitrogen and oxygen atoms in total. The van der Waals surface area contributed by atoms with Crippen LogP contribution in [-0.4, -0.2) is 22.8 Å². The Balaban J connectivity index is 2.53. The Morgan fingerprint density at radius 3 is 2.75 bits per heavy atom. The van der Waals surface area contributed by atoms with E-state index in [4.69, 9.17) is 21.4 Å². The lowest BCUT2D eigenvalue weighted by atomic mass is 10.2. The molecule has 1 N–H and O–H groups in total. The van der Waals surface area contributed by atoms with Crippen LogP contribution in [0.2, 0.25) is 5.02 Å². The molecule has 2 aromatic rings. The van der Waals surface area contributed by atoms with E-state index in [1.54, 1.807) is 18.2 Å². The van der Waals surface area contributed by atoms with Gasteiger partial charge in [0.1, 0.15) is 11.4 Å². The number of ether oxygens (including phenoxy) is 1. The molecule has 1 aromatic heterocycles. The van der Waals surface area contributed by atoms with E-state index < -0.39 is 11.5 Å². The molecule has 6 heteroatoms. The maximum absolute atomic E-state index is 11.9. The molecule has 104 valence electrons. The van der Waals surface area contributed by atoms with Crippen molar-refractivity contribution in [3.05, 3.63) is 63.0 Å². The van der Waals surface area contributed by atoms with Crippen LogP contribution in [0.25, 0.3) is 0 Å². The SMILES string of the molecule is COc1ccc(Cl)cc1Cn1c(C(=O)O)cccc1=O. The van der Waals surface area contributed by atoms with Crippen molar-refractivity contribution in [2.45, 2.75) is 6.54 Å². The largest absolute Gasteiger partial charge is 0.496 e. The molecule has 1 aromatic carbocycles. The van der Waals surface area contributed by atoms with Crippen LogP contribution in [0.5, 0.6) is 5.75 Å². The topological polar surface area (TPSA) is 68.5 Å². The molecular formula is C14H12ClNO4. The zero-order valence-electron chi connectivity index (χ0n) is 10.7. The van der Waals surface area contributed by atoms with Gasteiger partial charge in [0, 0.05) is 16.7 Å². The van der Waals surface area contributed by atoms with E-state index in [2.05, 4.69) is 0 Å². The molecule has 0 saturated heterocycles.